The molecule has 1 aromatic rings. The zero-order chi connectivity index (χ0) is 9.14. The van der Waals surface area contributed by atoms with Gasteiger partial charge in [0.1, 0.15) is 5.75 Å². The predicted molar refractivity (Wildman–Crippen MR) is 48.8 cm³/mol. The molecule has 0 fully saturated rings. The lowest BCUT2D eigenvalue weighted by Crippen LogP contribution is -2.20. The van der Waals surface area contributed by atoms with Crippen molar-refractivity contribution in [2.75, 3.05) is 6.54 Å². The number of hydrogen-bond donors (Lipinski definition) is 3. The Bertz CT molecular complexity index is 273. The maximum atomic E-state index is 9.23. The Balaban J connectivity index is 2.96. The van der Waals surface area contributed by atoms with Gasteiger partial charge in [0.25, 0.3) is 0 Å². The van der Waals surface area contributed by atoms with Crippen LogP contribution in [-0.4, -0.2) is 11.7 Å². The van der Waals surface area contributed by atoms with Crippen LogP contribution in [0.3, 0.4) is 0 Å². The molecule has 0 aliphatic carbocycles. The molecule has 0 aliphatic rings. The maximum absolute atomic E-state index is 9.23. The molecule has 12 heavy (non-hydrogen) atoms. The molecule has 1 atom stereocenters. The van der Waals surface area contributed by atoms with Crippen LogP contribution in [0.5, 0.6) is 5.75 Å². The van der Waals surface area contributed by atoms with Gasteiger partial charge in [-0.1, -0.05) is 12.1 Å². The van der Waals surface area contributed by atoms with Crippen LogP contribution in [0.25, 0.3) is 0 Å². The normalized spacial score (nSPS) is 12.9. The number of benzene rings is 1. The minimum Gasteiger partial charge on any atom is -0.508 e. The summed E-state index contributed by atoms with van der Waals surface area (Å²) in [5.41, 5.74) is 12.9. The number of phenols is 1. The molecule has 0 aromatic heterocycles. The van der Waals surface area contributed by atoms with Crippen molar-refractivity contribution in [3.05, 3.63) is 29.3 Å². The van der Waals surface area contributed by atoms with Crippen molar-refractivity contribution in [1.29, 1.82) is 0 Å². The van der Waals surface area contributed by atoms with Crippen LogP contribution in [0.2, 0.25) is 0 Å². The largest absolute Gasteiger partial charge is 0.508 e. The Labute approximate surface area is 72.0 Å². The van der Waals surface area contributed by atoms with Gasteiger partial charge in [-0.25, -0.2) is 0 Å². The molecule has 66 valence electrons. The lowest BCUT2D eigenvalue weighted by Gasteiger charge is -2.10. The first-order chi connectivity index (χ1) is 5.65. The van der Waals surface area contributed by atoms with Gasteiger partial charge in [-0.05, 0) is 24.1 Å². The monoisotopic (exact) mass is 166 g/mol. The number of hydrogen-bond acceptors (Lipinski definition) is 3. The van der Waals surface area contributed by atoms with Crippen LogP contribution in [0.4, 0.5) is 0 Å². The summed E-state index contributed by atoms with van der Waals surface area (Å²) >= 11 is 0. The Morgan fingerprint density at radius 3 is 2.67 bits per heavy atom. The standard InChI is InChI=1S/C9H14N2O/c1-6-4-7(8(11)5-10)2-3-9(6)12/h2-4,8,12H,5,10-11H2,1H3/t8-/m1/s1. The smallest absolute Gasteiger partial charge is 0.118 e. The molecule has 1 rings (SSSR count). The Morgan fingerprint density at radius 2 is 2.17 bits per heavy atom. The SMILES string of the molecule is Cc1cc([C@H](N)CN)ccc1O. The molecule has 5 N–H and O–H groups in total. The van der Waals surface area contributed by atoms with Crippen molar-refractivity contribution in [2.24, 2.45) is 11.5 Å². The first kappa shape index (κ1) is 9.03. The minimum atomic E-state index is -0.135. The molecular formula is C9H14N2O. The predicted octanol–water partition coefficient (Wildman–Crippen LogP) is 0.659. The van der Waals surface area contributed by atoms with E-state index in [9.17, 15) is 5.11 Å². The summed E-state index contributed by atoms with van der Waals surface area (Å²) in [6.07, 6.45) is 0. The van der Waals surface area contributed by atoms with Crippen molar-refractivity contribution in [3.8, 4) is 5.75 Å². The highest BCUT2D eigenvalue weighted by atomic mass is 16.3. The first-order valence-corrected chi connectivity index (χ1v) is 3.90. The summed E-state index contributed by atoms with van der Waals surface area (Å²) in [4.78, 5) is 0. The fourth-order valence-corrected chi connectivity index (χ4v) is 1.05. The van der Waals surface area contributed by atoms with Crippen LogP contribution < -0.4 is 11.5 Å². The molecule has 0 heterocycles. The van der Waals surface area contributed by atoms with E-state index < -0.39 is 0 Å². The van der Waals surface area contributed by atoms with E-state index >= 15 is 0 Å². The number of phenolic OH excluding ortho intramolecular Hbond substituents is 1. The van der Waals surface area contributed by atoms with Crippen LogP contribution >= 0.6 is 0 Å². The van der Waals surface area contributed by atoms with Gasteiger partial charge < -0.3 is 16.6 Å². The summed E-state index contributed by atoms with van der Waals surface area (Å²) in [7, 11) is 0. The fourth-order valence-electron chi connectivity index (χ4n) is 1.05. The lowest BCUT2D eigenvalue weighted by molar-refractivity contribution is 0.470. The molecule has 0 saturated heterocycles. The van der Waals surface area contributed by atoms with Gasteiger partial charge in [-0.3, -0.25) is 0 Å². The average molecular weight is 166 g/mol. The lowest BCUT2D eigenvalue weighted by atomic mass is 10.0. The first-order valence-electron chi connectivity index (χ1n) is 3.90. The highest BCUT2D eigenvalue weighted by Gasteiger charge is 2.04. The van der Waals surface area contributed by atoms with Crippen molar-refractivity contribution in [3.63, 3.8) is 0 Å². The average Bonchev–Trinajstić information content (AvgIpc) is 2.08. The van der Waals surface area contributed by atoms with E-state index in [2.05, 4.69) is 0 Å². The minimum absolute atomic E-state index is 0.135. The van der Waals surface area contributed by atoms with Gasteiger partial charge in [0.05, 0.1) is 0 Å². The third-order valence-corrected chi connectivity index (χ3v) is 1.90. The summed E-state index contributed by atoms with van der Waals surface area (Å²) in [6.45, 7) is 2.26. The summed E-state index contributed by atoms with van der Waals surface area (Å²) in [5, 5.41) is 9.23. The van der Waals surface area contributed by atoms with Crippen LogP contribution in [0, 0.1) is 6.92 Å². The maximum Gasteiger partial charge on any atom is 0.118 e. The van der Waals surface area contributed by atoms with Gasteiger partial charge in [0.15, 0.2) is 0 Å². The van der Waals surface area contributed by atoms with E-state index in [1.165, 1.54) is 0 Å². The van der Waals surface area contributed by atoms with E-state index in [4.69, 9.17) is 11.5 Å². The van der Waals surface area contributed by atoms with Crippen molar-refractivity contribution in [2.45, 2.75) is 13.0 Å². The van der Waals surface area contributed by atoms with E-state index in [0.717, 1.165) is 11.1 Å². The molecular weight excluding hydrogens is 152 g/mol. The van der Waals surface area contributed by atoms with Gasteiger partial charge in [0, 0.05) is 12.6 Å². The Morgan fingerprint density at radius 1 is 1.50 bits per heavy atom. The van der Waals surface area contributed by atoms with Gasteiger partial charge in [-0.2, -0.15) is 0 Å². The van der Waals surface area contributed by atoms with Crippen LogP contribution in [0.15, 0.2) is 18.2 Å². The topological polar surface area (TPSA) is 72.3 Å². The summed E-state index contributed by atoms with van der Waals surface area (Å²) in [6, 6.07) is 5.15. The summed E-state index contributed by atoms with van der Waals surface area (Å²) in [5.74, 6) is 0.294. The van der Waals surface area contributed by atoms with Gasteiger partial charge >= 0.3 is 0 Å². The molecule has 0 radical (unpaired) electrons. The number of aromatic hydroxyl groups is 1. The zero-order valence-electron chi connectivity index (χ0n) is 7.12. The molecule has 0 bridgehead atoms. The van der Waals surface area contributed by atoms with E-state index in [-0.39, 0.29) is 6.04 Å². The van der Waals surface area contributed by atoms with Crippen molar-refractivity contribution >= 4 is 0 Å². The van der Waals surface area contributed by atoms with E-state index in [0.29, 0.717) is 12.3 Å². The third-order valence-electron chi connectivity index (χ3n) is 1.90. The van der Waals surface area contributed by atoms with Crippen LogP contribution in [-0.2, 0) is 0 Å². The fraction of sp³-hybridized carbons (Fsp3) is 0.333. The number of rotatable bonds is 2. The molecule has 0 aliphatic heterocycles. The second-order valence-corrected chi connectivity index (χ2v) is 2.89. The molecule has 3 nitrogen and oxygen atoms in total. The molecule has 3 heteroatoms. The highest BCUT2D eigenvalue weighted by Crippen LogP contribution is 2.19. The highest BCUT2D eigenvalue weighted by molar-refractivity contribution is 5.36. The third kappa shape index (κ3) is 1.75. The van der Waals surface area contributed by atoms with Crippen LogP contribution in [0.1, 0.15) is 17.2 Å². The second kappa shape index (κ2) is 3.56. The second-order valence-electron chi connectivity index (χ2n) is 2.89. The van der Waals surface area contributed by atoms with Gasteiger partial charge in [-0.15, -0.1) is 0 Å². The van der Waals surface area contributed by atoms with Gasteiger partial charge in [0.2, 0.25) is 0 Å². The Kier molecular flexibility index (Phi) is 2.68. The Hall–Kier alpha value is -1.06. The van der Waals surface area contributed by atoms with E-state index in [1.807, 2.05) is 13.0 Å². The van der Waals surface area contributed by atoms with E-state index in [1.54, 1.807) is 12.1 Å². The summed E-state index contributed by atoms with van der Waals surface area (Å²) < 4.78 is 0. The molecule has 1 aromatic carbocycles. The van der Waals surface area contributed by atoms with Crippen molar-refractivity contribution in [1.82, 2.24) is 0 Å². The molecule has 0 amide bonds. The number of aryl methyl sites for hydroxylation is 1. The zero-order valence-corrected chi connectivity index (χ0v) is 7.12. The molecule has 0 spiro atoms. The van der Waals surface area contributed by atoms with Crippen molar-refractivity contribution < 1.29 is 5.11 Å². The molecule has 0 saturated carbocycles. The number of nitrogens with two attached hydrogens (primary N) is 2. The molecule has 0 unspecified atom stereocenters. The quantitative estimate of drug-likeness (QED) is 0.604.